The molecule has 3 heteroatoms. The molecule has 0 spiro atoms. The smallest absolute Gasteiger partial charge is 0.136 e. The maximum absolute atomic E-state index is 12.9. The molecule has 3 N–H and O–H groups in total. The molecule has 0 aromatic rings. The van der Waals surface area contributed by atoms with Crippen LogP contribution in [0.5, 0.6) is 0 Å². The molecule has 3 nitrogen and oxygen atoms in total. The van der Waals surface area contributed by atoms with E-state index in [1.807, 2.05) is 0 Å². The van der Waals surface area contributed by atoms with Gasteiger partial charge < -0.3 is 6.15 Å². The molecule has 0 saturated heterocycles. The Kier molecular flexibility index (Phi) is 34.0. The van der Waals surface area contributed by atoms with Crippen molar-refractivity contribution in [2.45, 2.75) is 214 Å². The van der Waals surface area contributed by atoms with Crippen LogP contribution in [-0.4, -0.2) is 11.6 Å². The van der Waals surface area contributed by atoms with Gasteiger partial charge in [-0.25, -0.2) is 0 Å². The minimum Gasteiger partial charge on any atom is -0.344 e. The minimum atomic E-state index is -0.0585. The third-order valence-corrected chi connectivity index (χ3v) is 8.75. The van der Waals surface area contributed by atoms with Crippen LogP contribution in [0.2, 0.25) is 0 Å². The van der Waals surface area contributed by atoms with Crippen LogP contribution in [0.4, 0.5) is 0 Å². The van der Waals surface area contributed by atoms with Crippen molar-refractivity contribution in [1.29, 1.82) is 0 Å². The van der Waals surface area contributed by atoms with E-state index in [9.17, 15) is 9.59 Å². The summed E-state index contributed by atoms with van der Waals surface area (Å²) >= 11 is 0. The van der Waals surface area contributed by atoms with Crippen LogP contribution >= 0.6 is 0 Å². The average Bonchev–Trinajstić information content (AvgIpc) is 2.92. The van der Waals surface area contributed by atoms with E-state index in [0.717, 1.165) is 12.8 Å². The third kappa shape index (κ3) is 28.8. The molecular weight excluding hydrogens is 490 g/mol. The van der Waals surface area contributed by atoms with Gasteiger partial charge in [-0.2, -0.15) is 0 Å². The van der Waals surface area contributed by atoms with Gasteiger partial charge in [-0.3, -0.25) is 9.59 Å². The molecule has 0 aliphatic rings. The van der Waals surface area contributed by atoms with Gasteiger partial charge in [0.05, 0.1) is 0 Å². The summed E-state index contributed by atoms with van der Waals surface area (Å²) in [5.41, 5.74) is 0. The molecular formula is C37H75NO2. The quantitative estimate of drug-likeness (QED) is 0.0824. The molecule has 0 heterocycles. The standard InChI is InChI=1S/C37H72O2.H3N/c1-5-7-9-11-13-15-17-19-21-23-25-27-29-31-35(38)33-36(34(3)4)37(39)32-30-28-26-24-22-20-18-16-14-12-10-8-6-2;/h34,36H,5-33H2,1-4H3;1H3. The summed E-state index contributed by atoms with van der Waals surface area (Å²) in [6, 6.07) is 0. The topological polar surface area (TPSA) is 69.1 Å². The predicted octanol–water partition coefficient (Wildman–Crippen LogP) is 12.9. The monoisotopic (exact) mass is 566 g/mol. The highest BCUT2D eigenvalue weighted by Gasteiger charge is 2.24. The molecule has 0 aliphatic carbocycles. The molecule has 0 radical (unpaired) electrons. The van der Waals surface area contributed by atoms with Gasteiger partial charge in [0.15, 0.2) is 0 Å². The molecule has 40 heavy (non-hydrogen) atoms. The van der Waals surface area contributed by atoms with Gasteiger partial charge in [0.2, 0.25) is 0 Å². The van der Waals surface area contributed by atoms with Crippen LogP contribution in [0.1, 0.15) is 214 Å². The highest BCUT2D eigenvalue weighted by atomic mass is 16.1. The number of hydrogen-bond donors (Lipinski definition) is 1. The molecule has 240 valence electrons. The highest BCUT2D eigenvalue weighted by Crippen LogP contribution is 2.22. The first-order valence-electron chi connectivity index (χ1n) is 18.1. The summed E-state index contributed by atoms with van der Waals surface area (Å²) in [5, 5.41) is 0. The van der Waals surface area contributed by atoms with Gasteiger partial charge in [0.25, 0.3) is 0 Å². The van der Waals surface area contributed by atoms with Crippen molar-refractivity contribution in [2.24, 2.45) is 11.8 Å². The van der Waals surface area contributed by atoms with Crippen molar-refractivity contribution in [2.75, 3.05) is 0 Å². The van der Waals surface area contributed by atoms with Crippen LogP contribution in [0.3, 0.4) is 0 Å². The third-order valence-electron chi connectivity index (χ3n) is 8.75. The fourth-order valence-electron chi connectivity index (χ4n) is 5.91. The summed E-state index contributed by atoms with van der Waals surface area (Å²) in [5.74, 6) is 0.870. The summed E-state index contributed by atoms with van der Waals surface area (Å²) in [4.78, 5) is 25.5. The van der Waals surface area contributed by atoms with Crippen molar-refractivity contribution in [3.63, 3.8) is 0 Å². The van der Waals surface area contributed by atoms with Crippen LogP contribution in [0.15, 0.2) is 0 Å². The second-order valence-corrected chi connectivity index (χ2v) is 13.0. The SMILES string of the molecule is CCCCCCCCCCCCCCCC(=O)CC(C(=O)CCCCCCCCCCCCCCC)C(C)C.N. The molecule has 0 rings (SSSR count). The van der Waals surface area contributed by atoms with E-state index in [0.29, 0.717) is 30.8 Å². The molecule has 0 fully saturated rings. The number of unbranched alkanes of at least 4 members (excludes halogenated alkanes) is 24. The van der Waals surface area contributed by atoms with E-state index in [-0.39, 0.29) is 18.0 Å². The average molecular weight is 566 g/mol. The number of Topliss-reactive ketones (excluding diaryl/α,β-unsaturated/α-hetero) is 2. The number of carbonyl (C=O) groups excluding carboxylic acids is 2. The summed E-state index contributed by atoms with van der Waals surface area (Å²) in [6.45, 7) is 8.79. The molecule has 0 amide bonds. The van der Waals surface area contributed by atoms with Crippen LogP contribution in [0.25, 0.3) is 0 Å². The second kappa shape index (κ2) is 32.8. The lowest BCUT2D eigenvalue weighted by Crippen LogP contribution is -2.23. The van der Waals surface area contributed by atoms with Crippen molar-refractivity contribution < 1.29 is 9.59 Å². The highest BCUT2D eigenvalue weighted by molar-refractivity contribution is 5.88. The molecule has 0 bridgehead atoms. The fraction of sp³-hybridized carbons (Fsp3) is 0.946. The van der Waals surface area contributed by atoms with Crippen molar-refractivity contribution in [1.82, 2.24) is 6.15 Å². The lowest BCUT2D eigenvalue weighted by molar-refractivity contribution is -0.129. The molecule has 1 atom stereocenters. The first-order chi connectivity index (χ1) is 19.0. The Bertz CT molecular complexity index is 530. The zero-order chi connectivity index (χ0) is 28.8. The van der Waals surface area contributed by atoms with Crippen molar-refractivity contribution in [3.05, 3.63) is 0 Å². The number of hydrogen-bond acceptors (Lipinski definition) is 3. The van der Waals surface area contributed by atoms with Gasteiger partial charge in [0, 0.05) is 25.2 Å². The second-order valence-electron chi connectivity index (χ2n) is 13.0. The molecule has 1 unspecified atom stereocenters. The van der Waals surface area contributed by atoms with E-state index in [1.165, 1.54) is 154 Å². The van der Waals surface area contributed by atoms with E-state index in [2.05, 4.69) is 27.7 Å². The number of ketones is 2. The predicted molar refractivity (Wildman–Crippen MR) is 179 cm³/mol. The van der Waals surface area contributed by atoms with Crippen LogP contribution in [0, 0.1) is 11.8 Å². The Balaban J connectivity index is 0. The van der Waals surface area contributed by atoms with Gasteiger partial charge in [0.1, 0.15) is 11.6 Å². The lowest BCUT2D eigenvalue weighted by Gasteiger charge is -2.19. The maximum atomic E-state index is 12.9. The first kappa shape index (κ1) is 41.4. The lowest BCUT2D eigenvalue weighted by atomic mass is 9.84. The van der Waals surface area contributed by atoms with E-state index < -0.39 is 0 Å². The summed E-state index contributed by atoms with van der Waals surface area (Å²) in [6.07, 6.45) is 36.4. The maximum Gasteiger partial charge on any atom is 0.136 e. The zero-order valence-electron chi connectivity index (χ0n) is 28.2. The Labute approximate surface area is 252 Å². The molecule has 0 aromatic heterocycles. The van der Waals surface area contributed by atoms with Gasteiger partial charge >= 0.3 is 0 Å². The molecule has 0 saturated carbocycles. The van der Waals surface area contributed by atoms with Crippen LogP contribution < -0.4 is 6.15 Å². The Hall–Kier alpha value is -0.700. The number of rotatable bonds is 32. The Morgan fingerprint density at radius 1 is 0.425 bits per heavy atom. The first-order valence-corrected chi connectivity index (χ1v) is 18.1. The van der Waals surface area contributed by atoms with Gasteiger partial charge in [-0.1, -0.05) is 182 Å². The van der Waals surface area contributed by atoms with Crippen LogP contribution in [-0.2, 0) is 9.59 Å². The van der Waals surface area contributed by atoms with E-state index in [4.69, 9.17) is 0 Å². The Morgan fingerprint density at radius 2 is 0.700 bits per heavy atom. The fourth-order valence-corrected chi connectivity index (χ4v) is 5.91. The number of carbonyl (C=O) groups is 2. The summed E-state index contributed by atoms with van der Waals surface area (Å²) < 4.78 is 0. The molecule has 0 aliphatic heterocycles. The Morgan fingerprint density at radius 3 is 1.00 bits per heavy atom. The molecule has 0 aromatic carbocycles. The minimum absolute atomic E-state index is 0. The normalized spacial score (nSPS) is 12.0. The summed E-state index contributed by atoms with van der Waals surface area (Å²) in [7, 11) is 0. The van der Waals surface area contributed by atoms with Crippen molar-refractivity contribution in [3.8, 4) is 0 Å². The van der Waals surface area contributed by atoms with E-state index >= 15 is 0 Å². The zero-order valence-corrected chi connectivity index (χ0v) is 28.2. The van der Waals surface area contributed by atoms with Gasteiger partial charge in [-0.05, 0) is 18.8 Å². The van der Waals surface area contributed by atoms with E-state index in [1.54, 1.807) is 0 Å². The van der Waals surface area contributed by atoms with Crippen molar-refractivity contribution >= 4 is 11.6 Å². The largest absolute Gasteiger partial charge is 0.344 e. The van der Waals surface area contributed by atoms with Gasteiger partial charge in [-0.15, -0.1) is 0 Å².